The molecule has 0 saturated heterocycles. The number of fused-ring (bicyclic) bond motifs is 1. The molecule has 0 fully saturated rings. The molecule has 1 aliphatic rings. The lowest BCUT2D eigenvalue weighted by molar-refractivity contribution is -0.117. The van der Waals surface area contributed by atoms with Crippen LogP contribution < -0.4 is 10.6 Å². The molecule has 0 bridgehead atoms. The predicted octanol–water partition coefficient (Wildman–Crippen LogP) is 3.13. The van der Waals surface area contributed by atoms with E-state index in [9.17, 15) is 9.59 Å². The molecular weight excluding hydrogens is 312 g/mol. The Balaban J connectivity index is 2.25. The van der Waals surface area contributed by atoms with Crippen molar-refractivity contribution in [3.05, 3.63) is 16.0 Å². The van der Waals surface area contributed by atoms with Crippen LogP contribution in [0.5, 0.6) is 0 Å². The van der Waals surface area contributed by atoms with Gasteiger partial charge in [-0.3, -0.25) is 4.79 Å². The van der Waals surface area contributed by atoms with E-state index in [1.165, 1.54) is 16.2 Å². The average molecular weight is 338 g/mol. The van der Waals surface area contributed by atoms with E-state index >= 15 is 0 Å². The van der Waals surface area contributed by atoms with Crippen LogP contribution in [0.25, 0.3) is 0 Å². The van der Waals surface area contributed by atoms with Crippen LogP contribution >= 0.6 is 11.3 Å². The first-order chi connectivity index (χ1) is 10.9. The summed E-state index contributed by atoms with van der Waals surface area (Å²) in [6.45, 7) is 7.95. The number of anilines is 1. The predicted molar refractivity (Wildman–Crippen MR) is 93.3 cm³/mol. The molecule has 1 atom stereocenters. The van der Waals surface area contributed by atoms with Crippen LogP contribution in [0.15, 0.2) is 0 Å². The third-order valence-electron chi connectivity index (χ3n) is 3.86. The summed E-state index contributed by atoms with van der Waals surface area (Å²) in [7, 11) is 0. The molecule has 1 aromatic rings. The van der Waals surface area contributed by atoms with E-state index in [0.29, 0.717) is 17.2 Å². The zero-order valence-electron chi connectivity index (χ0n) is 14.3. The van der Waals surface area contributed by atoms with Gasteiger partial charge in [0.2, 0.25) is 5.91 Å². The van der Waals surface area contributed by atoms with Gasteiger partial charge in [-0.1, -0.05) is 13.8 Å². The van der Waals surface area contributed by atoms with E-state index in [-0.39, 0.29) is 24.0 Å². The number of aryl methyl sites for hydroxylation is 1. The topological polar surface area (TPSA) is 67.4 Å². The molecule has 1 amide bonds. The number of carbonyl (C=O) groups is 2. The van der Waals surface area contributed by atoms with E-state index in [4.69, 9.17) is 4.74 Å². The van der Waals surface area contributed by atoms with Crippen molar-refractivity contribution < 1.29 is 14.3 Å². The molecule has 0 spiro atoms. The second-order valence-corrected chi connectivity index (χ2v) is 7.27. The molecule has 1 unspecified atom stereocenters. The molecule has 0 radical (unpaired) electrons. The number of hydrogen-bond donors (Lipinski definition) is 2. The summed E-state index contributed by atoms with van der Waals surface area (Å²) in [5, 5.41) is 6.74. The monoisotopic (exact) mass is 338 g/mol. The maximum atomic E-state index is 12.4. The lowest BCUT2D eigenvalue weighted by atomic mass is 9.95. The molecule has 6 heteroatoms. The number of hydrogen-bond acceptors (Lipinski definition) is 5. The second-order valence-electron chi connectivity index (χ2n) is 6.17. The standard InChI is InChI=1S/C17H26N2O3S/c1-5-22-17(21)14-12-8-6-7-9-13(12)23-16(14)19-15(20)11(4)18-10(2)3/h10-11,18H,5-9H2,1-4H3,(H,19,20). The summed E-state index contributed by atoms with van der Waals surface area (Å²) in [6.07, 6.45) is 4.07. The van der Waals surface area contributed by atoms with Crippen molar-refractivity contribution in [2.75, 3.05) is 11.9 Å². The summed E-state index contributed by atoms with van der Waals surface area (Å²) >= 11 is 1.52. The first-order valence-corrected chi connectivity index (χ1v) is 9.14. The molecular formula is C17H26N2O3S. The third-order valence-corrected chi connectivity index (χ3v) is 5.07. The van der Waals surface area contributed by atoms with Crippen molar-refractivity contribution >= 4 is 28.2 Å². The van der Waals surface area contributed by atoms with Crippen LogP contribution in [-0.4, -0.2) is 30.6 Å². The SMILES string of the molecule is CCOC(=O)c1c(NC(=O)C(C)NC(C)C)sc2c1CCCC2. The van der Waals surface area contributed by atoms with Crippen molar-refractivity contribution in [2.45, 2.75) is 65.5 Å². The Morgan fingerprint density at radius 1 is 1.22 bits per heavy atom. The van der Waals surface area contributed by atoms with Crippen LogP contribution in [0, 0.1) is 0 Å². The molecule has 0 aliphatic heterocycles. The highest BCUT2D eigenvalue weighted by Crippen LogP contribution is 2.38. The molecule has 23 heavy (non-hydrogen) atoms. The minimum Gasteiger partial charge on any atom is -0.462 e. The van der Waals surface area contributed by atoms with E-state index in [1.807, 2.05) is 20.8 Å². The highest BCUT2D eigenvalue weighted by molar-refractivity contribution is 7.17. The Morgan fingerprint density at radius 2 is 1.91 bits per heavy atom. The van der Waals surface area contributed by atoms with Gasteiger partial charge in [0.05, 0.1) is 18.2 Å². The number of ether oxygens (including phenoxy) is 1. The summed E-state index contributed by atoms with van der Waals surface area (Å²) in [5.74, 6) is -0.450. The third kappa shape index (κ3) is 4.32. The molecule has 128 valence electrons. The Kier molecular flexibility index (Phi) is 6.18. The number of rotatable bonds is 6. The summed E-state index contributed by atoms with van der Waals surface area (Å²) in [4.78, 5) is 25.9. The molecule has 1 aromatic heterocycles. The molecule has 2 N–H and O–H groups in total. The second kappa shape index (κ2) is 7.93. The van der Waals surface area contributed by atoms with E-state index in [1.54, 1.807) is 6.92 Å². The molecule has 5 nitrogen and oxygen atoms in total. The van der Waals surface area contributed by atoms with Gasteiger partial charge in [-0.05, 0) is 45.1 Å². The van der Waals surface area contributed by atoms with Gasteiger partial charge >= 0.3 is 5.97 Å². The number of thiophene rings is 1. The zero-order valence-corrected chi connectivity index (χ0v) is 15.1. The molecule has 1 heterocycles. The normalized spacial score (nSPS) is 15.2. The summed E-state index contributed by atoms with van der Waals surface area (Å²) in [5.41, 5.74) is 1.64. The zero-order chi connectivity index (χ0) is 17.0. The van der Waals surface area contributed by atoms with Gasteiger partial charge in [0.15, 0.2) is 0 Å². The molecule has 1 aliphatic carbocycles. The highest BCUT2D eigenvalue weighted by Gasteiger charge is 2.28. The van der Waals surface area contributed by atoms with Gasteiger partial charge < -0.3 is 15.4 Å². The van der Waals surface area contributed by atoms with Gasteiger partial charge in [0, 0.05) is 10.9 Å². The van der Waals surface area contributed by atoms with Gasteiger partial charge in [-0.15, -0.1) is 11.3 Å². The summed E-state index contributed by atoms with van der Waals surface area (Å²) in [6, 6.07) is -0.0963. The van der Waals surface area contributed by atoms with Crippen LogP contribution in [0.1, 0.15) is 61.3 Å². The minimum absolute atomic E-state index is 0.122. The number of amides is 1. The fourth-order valence-corrected chi connectivity index (χ4v) is 4.15. The minimum atomic E-state index is -0.327. The molecule has 2 rings (SSSR count). The van der Waals surface area contributed by atoms with E-state index in [2.05, 4.69) is 10.6 Å². The van der Waals surface area contributed by atoms with Crippen molar-refractivity contribution in [3.8, 4) is 0 Å². The smallest absolute Gasteiger partial charge is 0.341 e. The van der Waals surface area contributed by atoms with Crippen molar-refractivity contribution in [1.82, 2.24) is 5.32 Å². The summed E-state index contributed by atoms with van der Waals surface area (Å²) < 4.78 is 5.20. The van der Waals surface area contributed by atoms with Crippen molar-refractivity contribution in [3.63, 3.8) is 0 Å². The Bertz CT molecular complexity index is 581. The number of esters is 1. The van der Waals surface area contributed by atoms with E-state index < -0.39 is 0 Å². The average Bonchev–Trinajstić information content (AvgIpc) is 2.84. The molecule has 0 aromatic carbocycles. The Labute approximate surface area is 141 Å². The maximum Gasteiger partial charge on any atom is 0.341 e. The Morgan fingerprint density at radius 3 is 2.57 bits per heavy atom. The van der Waals surface area contributed by atoms with Crippen LogP contribution in [0.3, 0.4) is 0 Å². The first-order valence-electron chi connectivity index (χ1n) is 8.32. The van der Waals surface area contributed by atoms with Gasteiger partial charge in [0.25, 0.3) is 0 Å². The van der Waals surface area contributed by atoms with Gasteiger partial charge in [-0.25, -0.2) is 4.79 Å². The largest absolute Gasteiger partial charge is 0.462 e. The lowest BCUT2D eigenvalue weighted by Crippen LogP contribution is -2.41. The van der Waals surface area contributed by atoms with Crippen molar-refractivity contribution in [2.24, 2.45) is 0 Å². The fourth-order valence-electron chi connectivity index (χ4n) is 2.87. The van der Waals surface area contributed by atoms with Crippen LogP contribution in [0.2, 0.25) is 0 Å². The quantitative estimate of drug-likeness (QED) is 0.782. The number of carbonyl (C=O) groups excluding carboxylic acids is 2. The maximum absolute atomic E-state index is 12.4. The van der Waals surface area contributed by atoms with Crippen LogP contribution in [0.4, 0.5) is 5.00 Å². The van der Waals surface area contributed by atoms with Crippen LogP contribution in [-0.2, 0) is 22.4 Å². The lowest BCUT2D eigenvalue weighted by Gasteiger charge is -2.16. The van der Waals surface area contributed by atoms with Gasteiger partial charge in [-0.2, -0.15) is 0 Å². The van der Waals surface area contributed by atoms with Gasteiger partial charge in [0.1, 0.15) is 5.00 Å². The molecule has 0 saturated carbocycles. The first kappa shape index (κ1) is 17.9. The number of nitrogens with one attached hydrogen (secondary N) is 2. The van der Waals surface area contributed by atoms with E-state index in [0.717, 1.165) is 31.2 Å². The van der Waals surface area contributed by atoms with Crippen molar-refractivity contribution in [1.29, 1.82) is 0 Å². The Hall–Kier alpha value is -1.40. The fraction of sp³-hybridized carbons (Fsp3) is 0.647. The highest BCUT2D eigenvalue weighted by atomic mass is 32.1.